The Hall–Kier alpha value is -0.840. The van der Waals surface area contributed by atoms with Crippen LogP contribution in [-0.2, 0) is 11.3 Å². The fourth-order valence-electron chi connectivity index (χ4n) is 2.32. The molecular formula is C12H20N2O2. The molecule has 0 radical (unpaired) electrons. The third-order valence-corrected chi connectivity index (χ3v) is 3.26. The molecule has 1 aromatic rings. The van der Waals surface area contributed by atoms with Gasteiger partial charge in [0.25, 0.3) is 0 Å². The molecule has 0 aliphatic carbocycles. The van der Waals surface area contributed by atoms with Gasteiger partial charge in [-0.1, -0.05) is 0 Å². The van der Waals surface area contributed by atoms with Crippen molar-refractivity contribution < 1.29 is 9.15 Å². The number of rotatable bonds is 5. The molecule has 4 nitrogen and oxygen atoms in total. The van der Waals surface area contributed by atoms with E-state index < -0.39 is 0 Å². The third kappa shape index (κ3) is 2.64. The molecule has 2 N–H and O–H groups in total. The molecule has 0 spiro atoms. The second kappa shape index (κ2) is 4.99. The molecular weight excluding hydrogens is 204 g/mol. The van der Waals surface area contributed by atoms with Gasteiger partial charge in [-0.05, 0) is 19.5 Å². The van der Waals surface area contributed by atoms with E-state index in [2.05, 4.69) is 11.9 Å². The highest BCUT2D eigenvalue weighted by Crippen LogP contribution is 2.28. The zero-order valence-electron chi connectivity index (χ0n) is 9.82. The van der Waals surface area contributed by atoms with Crippen LogP contribution in [0, 0.1) is 5.41 Å². The monoisotopic (exact) mass is 224 g/mol. The predicted molar refractivity (Wildman–Crippen MR) is 62.0 cm³/mol. The molecule has 0 saturated carbocycles. The minimum atomic E-state index is 0.151. The van der Waals surface area contributed by atoms with Crippen LogP contribution in [0.15, 0.2) is 23.0 Å². The topological polar surface area (TPSA) is 51.6 Å². The third-order valence-electron chi connectivity index (χ3n) is 3.26. The highest BCUT2D eigenvalue weighted by Gasteiger charge is 2.34. The fraction of sp³-hybridized carbons (Fsp3) is 0.667. The second-order valence-electron chi connectivity index (χ2n) is 4.81. The van der Waals surface area contributed by atoms with Crippen molar-refractivity contribution in [3.8, 4) is 0 Å². The first-order valence-electron chi connectivity index (χ1n) is 5.72. The fourth-order valence-corrected chi connectivity index (χ4v) is 2.32. The number of nitrogens with two attached hydrogens (primary N) is 1. The number of hydrogen-bond donors (Lipinski definition) is 1. The van der Waals surface area contributed by atoms with Crippen molar-refractivity contribution in [3.05, 3.63) is 24.2 Å². The number of furan rings is 1. The predicted octanol–water partition coefficient (Wildman–Crippen LogP) is 1.08. The minimum absolute atomic E-state index is 0.151. The molecule has 1 atom stereocenters. The lowest BCUT2D eigenvalue weighted by molar-refractivity contribution is 0.123. The Balaban J connectivity index is 1.88. The zero-order valence-corrected chi connectivity index (χ0v) is 9.82. The molecule has 0 amide bonds. The summed E-state index contributed by atoms with van der Waals surface area (Å²) in [5, 5.41) is 0. The van der Waals surface area contributed by atoms with E-state index in [9.17, 15) is 0 Å². The Labute approximate surface area is 96.4 Å². The zero-order chi connectivity index (χ0) is 11.4. The number of nitrogens with zero attached hydrogens (tertiary/aromatic N) is 1. The molecule has 1 fully saturated rings. The first kappa shape index (κ1) is 11.6. The van der Waals surface area contributed by atoms with E-state index in [0.717, 1.165) is 32.7 Å². The molecule has 4 heteroatoms. The summed E-state index contributed by atoms with van der Waals surface area (Å²) in [7, 11) is 2.11. The maximum absolute atomic E-state index is 5.87. The van der Waals surface area contributed by atoms with Crippen molar-refractivity contribution in [1.82, 2.24) is 4.90 Å². The van der Waals surface area contributed by atoms with Gasteiger partial charge in [-0.25, -0.2) is 0 Å². The van der Waals surface area contributed by atoms with Gasteiger partial charge in [-0.15, -0.1) is 0 Å². The average Bonchev–Trinajstić information content (AvgIpc) is 2.90. The average molecular weight is 224 g/mol. The second-order valence-corrected chi connectivity index (χ2v) is 4.81. The van der Waals surface area contributed by atoms with Crippen molar-refractivity contribution in [2.24, 2.45) is 11.1 Å². The smallest absolute Gasteiger partial charge is 0.0947 e. The molecule has 90 valence electrons. The van der Waals surface area contributed by atoms with Crippen LogP contribution in [0.2, 0.25) is 0 Å². The SMILES string of the molecule is CN(Cc1ccoc1)CC1(CN)CCOC1. The van der Waals surface area contributed by atoms with Crippen molar-refractivity contribution in [1.29, 1.82) is 0 Å². The lowest BCUT2D eigenvalue weighted by atomic mass is 9.87. The molecule has 1 unspecified atom stereocenters. The van der Waals surface area contributed by atoms with Gasteiger partial charge in [-0.3, -0.25) is 0 Å². The van der Waals surface area contributed by atoms with Crippen molar-refractivity contribution in [3.63, 3.8) is 0 Å². The van der Waals surface area contributed by atoms with E-state index in [4.69, 9.17) is 14.9 Å². The van der Waals surface area contributed by atoms with Gasteiger partial charge >= 0.3 is 0 Å². The molecule has 16 heavy (non-hydrogen) atoms. The lowest BCUT2D eigenvalue weighted by Gasteiger charge is -2.30. The maximum atomic E-state index is 5.87. The van der Waals surface area contributed by atoms with E-state index in [1.165, 1.54) is 5.56 Å². The molecule has 1 aliphatic rings. The van der Waals surface area contributed by atoms with Crippen LogP contribution in [0.3, 0.4) is 0 Å². The largest absolute Gasteiger partial charge is 0.472 e. The lowest BCUT2D eigenvalue weighted by Crippen LogP contribution is -2.41. The highest BCUT2D eigenvalue weighted by molar-refractivity contribution is 5.05. The quantitative estimate of drug-likeness (QED) is 0.813. The molecule has 0 aromatic carbocycles. The highest BCUT2D eigenvalue weighted by atomic mass is 16.5. The Morgan fingerprint density at radius 2 is 2.44 bits per heavy atom. The number of ether oxygens (including phenoxy) is 1. The Kier molecular flexibility index (Phi) is 3.63. The van der Waals surface area contributed by atoms with Crippen molar-refractivity contribution in [2.45, 2.75) is 13.0 Å². The Morgan fingerprint density at radius 3 is 3.00 bits per heavy atom. The van der Waals surface area contributed by atoms with Crippen LogP contribution in [-0.4, -0.2) is 38.3 Å². The molecule has 2 rings (SSSR count). The van der Waals surface area contributed by atoms with Crippen molar-refractivity contribution >= 4 is 0 Å². The molecule has 1 aliphatic heterocycles. The molecule has 1 aromatic heterocycles. The molecule has 1 saturated heterocycles. The molecule has 2 heterocycles. The van der Waals surface area contributed by atoms with Gasteiger partial charge in [0, 0.05) is 37.2 Å². The van der Waals surface area contributed by atoms with Gasteiger partial charge in [0.05, 0.1) is 19.1 Å². The summed E-state index contributed by atoms with van der Waals surface area (Å²) in [5.41, 5.74) is 7.22. The van der Waals surface area contributed by atoms with Gasteiger partial charge in [0.1, 0.15) is 0 Å². The maximum Gasteiger partial charge on any atom is 0.0947 e. The first-order valence-corrected chi connectivity index (χ1v) is 5.72. The van der Waals surface area contributed by atoms with E-state index >= 15 is 0 Å². The van der Waals surface area contributed by atoms with Gasteiger partial charge in [-0.2, -0.15) is 0 Å². The standard InChI is InChI=1S/C12H20N2O2/c1-14(6-11-2-4-15-7-11)9-12(8-13)3-5-16-10-12/h2,4,7H,3,5-6,8-10,13H2,1H3. The summed E-state index contributed by atoms with van der Waals surface area (Å²) in [6.07, 6.45) is 4.57. The normalized spacial score (nSPS) is 25.4. The summed E-state index contributed by atoms with van der Waals surface area (Å²) in [4.78, 5) is 2.28. The van der Waals surface area contributed by atoms with E-state index in [-0.39, 0.29) is 5.41 Å². The number of hydrogen-bond acceptors (Lipinski definition) is 4. The summed E-state index contributed by atoms with van der Waals surface area (Å²) in [6.45, 7) is 4.21. The summed E-state index contributed by atoms with van der Waals surface area (Å²) < 4.78 is 10.5. The summed E-state index contributed by atoms with van der Waals surface area (Å²) >= 11 is 0. The van der Waals surface area contributed by atoms with E-state index in [1.807, 2.05) is 6.07 Å². The molecule has 0 bridgehead atoms. The van der Waals surface area contributed by atoms with Crippen LogP contribution < -0.4 is 5.73 Å². The van der Waals surface area contributed by atoms with Crippen LogP contribution in [0.4, 0.5) is 0 Å². The summed E-state index contributed by atoms with van der Waals surface area (Å²) in [6, 6.07) is 2.00. The minimum Gasteiger partial charge on any atom is -0.472 e. The Morgan fingerprint density at radius 1 is 1.56 bits per heavy atom. The van der Waals surface area contributed by atoms with Crippen LogP contribution in [0.1, 0.15) is 12.0 Å². The van der Waals surface area contributed by atoms with Gasteiger partial charge < -0.3 is 19.8 Å². The summed E-state index contributed by atoms with van der Waals surface area (Å²) in [5.74, 6) is 0. The van der Waals surface area contributed by atoms with Crippen LogP contribution >= 0.6 is 0 Å². The van der Waals surface area contributed by atoms with Gasteiger partial charge in [0.2, 0.25) is 0 Å². The van der Waals surface area contributed by atoms with E-state index in [0.29, 0.717) is 6.54 Å². The van der Waals surface area contributed by atoms with Crippen LogP contribution in [0.25, 0.3) is 0 Å². The van der Waals surface area contributed by atoms with Crippen LogP contribution in [0.5, 0.6) is 0 Å². The van der Waals surface area contributed by atoms with Crippen molar-refractivity contribution in [2.75, 3.05) is 33.4 Å². The Bertz CT molecular complexity index is 305. The van der Waals surface area contributed by atoms with E-state index in [1.54, 1.807) is 12.5 Å². The first-order chi connectivity index (χ1) is 7.74. The van der Waals surface area contributed by atoms with Gasteiger partial charge in [0.15, 0.2) is 0 Å².